The molecule has 0 saturated carbocycles. The standard InChI is InChI=1S/C13H19ClN2O2/c14-12-9-10(15)1-2-13(12)16-5-3-11(4-6-16)18-8-7-17/h1-2,9,11,17H,3-8,15H2. The smallest absolute Gasteiger partial charge is 0.0701 e. The fourth-order valence-corrected chi connectivity index (χ4v) is 2.57. The van der Waals surface area contributed by atoms with E-state index in [4.69, 9.17) is 27.2 Å². The highest BCUT2D eigenvalue weighted by molar-refractivity contribution is 6.33. The molecule has 1 fully saturated rings. The molecular weight excluding hydrogens is 252 g/mol. The van der Waals surface area contributed by atoms with Gasteiger partial charge in [-0.25, -0.2) is 0 Å². The Morgan fingerprint density at radius 2 is 2.11 bits per heavy atom. The first-order valence-corrected chi connectivity index (χ1v) is 6.61. The van der Waals surface area contributed by atoms with Crippen LogP contribution < -0.4 is 10.6 Å². The minimum Gasteiger partial charge on any atom is -0.399 e. The van der Waals surface area contributed by atoms with Gasteiger partial charge in [-0.2, -0.15) is 0 Å². The van der Waals surface area contributed by atoms with Crippen molar-refractivity contribution in [2.45, 2.75) is 18.9 Å². The van der Waals surface area contributed by atoms with Crippen LogP contribution in [0.1, 0.15) is 12.8 Å². The number of nitrogens with two attached hydrogens (primary N) is 1. The van der Waals surface area contributed by atoms with Crippen LogP contribution in [0, 0.1) is 0 Å². The molecule has 3 N–H and O–H groups in total. The number of aliphatic hydroxyl groups is 1. The van der Waals surface area contributed by atoms with Crippen molar-refractivity contribution in [3.8, 4) is 0 Å². The number of ether oxygens (including phenoxy) is 1. The molecule has 0 bridgehead atoms. The van der Waals surface area contributed by atoms with Gasteiger partial charge < -0.3 is 20.5 Å². The summed E-state index contributed by atoms with van der Waals surface area (Å²) >= 11 is 6.20. The first-order chi connectivity index (χ1) is 8.70. The van der Waals surface area contributed by atoms with Crippen LogP contribution in [-0.2, 0) is 4.74 Å². The molecule has 2 rings (SSSR count). The topological polar surface area (TPSA) is 58.7 Å². The number of rotatable bonds is 4. The van der Waals surface area contributed by atoms with Crippen LogP contribution >= 0.6 is 11.6 Å². The molecule has 1 aromatic carbocycles. The monoisotopic (exact) mass is 270 g/mol. The summed E-state index contributed by atoms with van der Waals surface area (Å²) < 4.78 is 5.54. The molecule has 1 heterocycles. The highest BCUT2D eigenvalue weighted by Gasteiger charge is 2.21. The van der Waals surface area contributed by atoms with E-state index in [9.17, 15) is 0 Å². The van der Waals surface area contributed by atoms with E-state index < -0.39 is 0 Å². The van der Waals surface area contributed by atoms with Gasteiger partial charge in [0.15, 0.2) is 0 Å². The Morgan fingerprint density at radius 1 is 1.39 bits per heavy atom. The zero-order valence-electron chi connectivity index (χ0n) is 10.3. The Hall–Kier alpha value is -0.970. The Morgan fingerprint density at radius 3 is 2.72 bits per heavy atom. The van der Waals surface area contributed by atoms with Gasteiger partial charge in [0.25, 0.3) is 0 Å². The molecule has 18 heavy (non-hydrogen) atoms. The Labute approximate surface area is 112 Å². The molecule has 1 aliphatic heterocycles. The largest absolute Gasteiger partial charge is 0.399 e. The first kappa shape index (κ1) is 13.5. The van der Waals surface area contributed by atoms with E-state index in [1.54, 1.807) is 6.07 Å². The van der Waals surface area contributed by atoms with E-state index in [1.807, 2.05) is 12.1 Å². The third-order valence-electron chi connectivity index (χ3n) is 3.20. The second kappa shape index (κ2) is 6.27. The minimum absolute atomic E-state index is 0.0873. The summed E-state index contributed by atoms with van der Waals surface area (Å²) in [4.78, 5) is 2.25. The maximum atomic E-state index is 8.72. The highest BCUT2D eigenvalue weighted by Crippen LogP contribution is 2.30. The molecule has 0 atom stereocenters. The molecule has 0 unspecified atom stereocenters. The number of nitrogens with zero attached hydrogens (tertiary/aromatic N) is 1. The van der Waals surface area contributed by atoms with Crippen LogP contribution in [0.3, 0.4) is 0 Å². The zero-order chi connectivity index (χ0) is 13.0. The van der Waals surface area contributed by atoms with E-state index in [0.717, 1.165) is 31.6 Å². The number of aliphatic hydroxyl groups excluding tert-OH is 1. The second-order valence-electron chi connectivity index (χ2n) is 4.49. The lowest BCUT2D eigenvalue weighted by molar-refractivity contribution is 0.0159. The number of anilines is 2. The summed E-state index contributed by atoms with van der Waals surface area (Å²) in [7, 11) is 0. The van der Waals surface area contributed by atoms with Crippen molar-refractivity contribution >= 4 is 23.0 Å². The summed E-state index contributed by atoms with van der Waals surface area (Å²) in [5.41, 5.74) is 7.41. The molecule has 4 nitrogen and oxygen atoms in total. The molecule has 1 aromatic rings. The molecule has 0 spiro atoms. The van der Waals surface area contributed by atoms with Gasteiger partial charge in [-0.1, -0.05) is 11.6 Å². The van der Waals surface area contributed by atoms with Crippen LogP contribution in [0.4, 0.5) is 11.4 Å². The molecule has 1 saturated heterocycles. The van der Waals surface area contributed by atoms with Gasteiger partial charge in [-0.15, -0.1) is 0 Å². The quantitative estimate of drug-likeness (QED) is 0.821. The van der Waals surface area contributed by atoms with Crippen molar-refractivity contribution in [2.24, 2.45) is 0 Å². The zero-order valence-corrected chi connectivity index (χ0v) is 11.1. The average molecular weight is 271 g/mol. The summed E-state index contributed by atoms with van der Waals surface area (Å²) in [5, 5.41) is 9.42. The van der Waals surface area contributed by atoms with Gasteiger partial charge in [0.05, 0.1) is 30.0 Å². The highest BCUT2D eigenvalue weighted by atomic mass is 35.5. The van der Waals surface area contributed by atoms with Crippen LogP contribution in [0.5, 0.6) is 0 Å². The van der Waals surface area contributed by atoms with E-state index >= 15 is 0 Å². The molecule has 1 aliphatic rings. The SMILES string of the molecule is Nc1ccc(N2CCC(OCCO)CC2)c(Cl)c1. The molecule has 0 amide bonds. The normalized spacial score (nSPS) is 17.1. The van der Waals surface area contributed by atoms with Crippen molar-refractivity contribution in [2.75, 3.05) is 36.9 Å². The minimum atomic E-state index is 0.0873. The molecule has 0 aromatic heterocycles. The predicted molar refractivity (Wildman–Crippen MR) is 74.1 cm³/mol. The van der Waals surface area contributed by atoms with Gasteiger partial charge in [0, 0.05) is 18.8 Å². The molecule has 0 radical (unpaired) electrons. The number of halogens is 1. The van der Waals surface area contributed by atoms with Crippen LogP contribution in [0.2, 0.25) is 5.02 Å². The van der Waals surface area contributed by atoms with Gasteiger partial charge >= 0.3 is 0 Å². The summed E-state index contributed by atoms with van der Waals surface area (Å²) in [6.07, 6.45) is 2.17. The van der Waals surface area contributed by atoms with Gasteiger partial charge in [-0.05, 0) is 31.0 Å². The lowest BCUT2D eigenvalue weighted by atomic mass is 10.1. The van der Waals surface area contributed by atoms with Crippen LogP contribution in [0.15, 0.2) is 18.2 Å². The third kappa shape index (κ3) is 3.28. The molecular formula is C13H19ClN2O2. The molecule has 5 heteroatoms. The van der Waals surface area contributed by atoms with E-state index in [2.05, 4.69) is 4.90 Å². The maximum absolute atomic E-state index is 8.72. The summed E-state index contributed by atoms with van der Waals surface area (Å²) in [5.74, 6) is 0. The number of nitrogen functional groups attached to an aromatic ring is 1. The van der Waals surface area contributed by atoms with Crippen molar-refractivity contribution < 1.29 is 9.84 Å². The van der Waals surface area contributed by atoms with Crippen molar-refractivity contribution in [1.82, 2.24) is 0 Å². The van der Waals surface area contributed by atoms with E-state index in [1.165, 1.54) is 0 Å². The van der Waals surface area contributed by atoms with Crippen LogP contribution in [0.25, 0.3) is 0 Å². The number of benzene rings is 1. The first-order valence-electron chi connectivity index (χ1n) is 6.23. The lowest BCUT2D eigenvalue weighted by Crippen LogP contribution is -2.37. The lowest BCUT2D eigenvalue weighted by Gasteiger charge is -2.34. The van der Waals surface area contributed by atoms with Gasteiger partial charge in [0.1, 0.15) is 0 Å². The van der Waals surface area contributed by atoms with E-state index in [0.29, 0.717) is 17.3 Å². The Kier molecular flexibility index (Phi) is 4.69. The summed E-state index contributed by atoms with van der Waals surface area (Å²) in [6, 6.07) is 5.62. The molecule has 0 aliphatic carbocycles. The Balaban J connectivity index is 1.93. The van der Waals surface area contributed by atoms with Gasteiger partial charge in [0.2, 0.25) is 0 Å². The van der Waals surface area contributed by atoms with Crippen LogP contribution in [-0.4, -0.2) is 37.5 Å². The molecule has 100 valence electrons. The third-order valence-corrected chi connectivity index (χ3v) is 3.50. The predicted octanol–water partition coefficient (Wildman–Crippen LogP) is 1.90. The number of hydrogen-bond acceptors (Lipinski definition) is 4. The van der Waals surface area contributed by atoms with Crippen molar-refractivity contribution in [3.63, 3.8) is 0 Å². The number of piperidine rings is 1. The average Bonchev–Trinajstić information content (AvgIpc) is 2.37. The van der Waals surface area contributed by atoms with Crippen molar-refractivity contribution in [1.29, 1.82) is 0 Å². The fraction of sp³-hybridized carbons (Fsp3) is 0.538. The van der Waals surface area contributed by atoms with Crippen molar-refractivity contribution in [3.05, 3.63) is 23.2 Å². The Bertz CT molecular complexity index is 393. The summed E-state index contributed by atoms with van der Waals surface area (Å²) in [6.45, 7) is 2.34. The number of hydrogen-bond donors (Lipinski definition) is 2. The van der Waals surface area contributed by atoms with Gasteiger partial charge in [-0.3, -0.25) is 0 Å². The maximum Gasteiger partial charge on any atom is 0.0701 e. The fourth-order valence-electron chi connectivity index (χ4n) is 2.26. The second-order valence-corrected chi connectivity index (χ2v) is 4.90. The van der Waals surface area contributed by atoms with E-state index in [-0.39, 0.29) is 12.7 Å².